The molecule has 0 bridgehead atoms. The first-order valence-corrected chi connectivity index (χ1v) is 11.6. The van der Waals surface area contributed by atoms with Gasteiger partial charge < -0.3 is 9.47 Å². The number of aromatic nitrogens is 1. The summed E-state index contributed by atoms with van der Waals surface area (Å²) >= 11 is 0. The Bertz CT molecular complexity index is 1060. The molecule has 178 valence electrons. The molecule has 2 heterocycles. The summed E-state index contributed by atoms with van der Waals surface area (Å²) in [7, 11) is 0. The molecule has 0 amide bonds. The summed E-state index contributed by atoms with van der Waals surface area (Å²) in [4.78, 5) is 21.7. The van der Waals surface area contributed by atoms with Crippen LogP contribution in [0, 0.1) is 17.2 Å². The van der Waals surface area contributed by atoms with Crippen LogP contribution in [0.2, 0.25) is 0 Å². The van der Waals surface area contributed by atoms with Gasteiger partial charge in [-0.2, -0.15) is 14.0 Å². The smallest absolute Gasteiger partial charge is 0.345 e. The van der Waals surface area contributed by atoms with Crippen molar-refractivity contribution in [1.29, 1.82) is 5.26 Å². The highest BCUT2D eigenvalue weighted by Crippen LogP contribution is 2.29. The molecule has 4 rings (SSSR count). The average Bonchev–Trinajstić information content (AvgIpc) is 3.24. The van der Waals surface area contributed by atoms with E-state index in [4.69, 9.17) is 10.00 Å². The molecule has 1 aliphatic carbocycles. The van der Waals surface area contributed by atoms with Gasteiger partial charge in [0.05, 0.1) is 24.8 Å². The van der Waals surface area contributed by atoms with Gasteiger partial charge in [0, 0.05) is 36.6 Å². The molecule has 1 aromatic carbocycles. The predicted octanol–water partition coefficient (Wildman–Crippen LogP) is 4.97. The SMILES string of the molecule is N#CC1CCC(OC2=NCc3cc(CC(=O)C[C@H](COC(F)F)c4ccccc4)ncc32)CC1. The van der Waals surface area contributed by atoms with E-state index in [1.54, 1.807) is 6.20 Å². The second kappa shape index (κ2) is 11.3. The van der Waals surface area contributed by atoms with Gasteiger partial charge in [-0.3, -0.25) is 9.78 Å². The molecule has 34 heavy (non-hydrogen) atoms. The summed E-state index contributed by atoms with van der Waals surface area (Å²) in [5.74, 6) is 0.150. The lowest BCUT2D eigenvalue weighted by Crippen LogP contribution is -2.24. The van der Waals surface area contributed by atoms with Gasteiger partial charge in [0.25, 0.3) is 0 Å². The number of nitrogens with zero attached hydrogens (tertiary/aromatic N) is 3. The topological polar surface area (TPSA) is 84.6 Å². The fourth-order valence-electron chi connectivity index (χ4n) is 4.51. The zero-order valence-corrected chi connectivity index (χ0v) is 18.8. The Labute approximate surface area is 197 Å². The van der Waals surface area contributed by atoms with E-state index in [1.807, 2.05) is 36.4 Å². The Morgan fingerprint density at radius 2 is 1.94 bits per heavy atom. The van der Waals surface area contributed by atoms with Gasteiger partial charge in [-0.25, -0.2) is 4.99 Å². The summed E-state index contributed by atoms with van der Waals surface area (Å²) in [5.41, 5.74) is 3.21. The number of Topliss-reactive ketones (excluding diaryl/α,β-unsaturated/α-hetero) is 1. The van der Waals surface area contributed by atoms with Gasteiger partial charge in [-0.05, 0) is 42.9 Å². The van der Waals surface area contributed by atoms with E-state index in [2.05, 4.69) is 20.8 Å². The maximum atomic E-state index is 12.8. The van der Waals surface area contributed by atoms with Gasteiger partial charge in [-0.1, -0.05) is 30.3 Å². The molecule has 1 fully saturated rings. The number of carbonyl (C=O) groups is 1. The number of benzene rings is 1. The zero-order valence-electron chi connectivity index (χ0n) is 18.8. The maximum Gasteiger partial charge on any atom is 0.345 e. The summed E-state index contributed by atoms with van der Waals surface area (Å²) in [6.07, 6.45) is 5.31. The Morgan fingerprint density at radius 3 is 2.65 bits per heavy atom. The van der Waals surface area contributed by atoms with Crippen LogP contribution in [-0.4, -0.2) is 36.0 Å². The van der Waals surface area contributed by atoms with Crippen LogP contribution < -0.4 is 0 Å². The number of ether oxygens (including phenoxy) is 2. The Morgan fingerprint density at radius 1 is 1.18 bits per heavy atom. The molecule has 0 radical (unpaired) electrons. The Kier molecular flexibility index (Phi) is 7.96. The molecule has 1 aliphatic heterocycles. The van der Waals surface area contributed by atoms with E-state index in [-0.39, 0.29) is 37.3 Å². The number of carbonyl (C=O) groups excluding carboxylic acids is 1. The van der Waals surface area contributed by atoms with Crippen LogP contribution in [0.3, 0.4) is 0 Å². The van der Waals surface area contributed by atoms with Crippen molar-refractivity contribution in [3.8, 4) is 6.07 Å². The van der Waals surface area contributed by atoms with E-state index >= 15 is 0 Å². The molecule has 2 aliphatic rings. The number of nitriles is 1. The van der Waals surface area contributed by atoms with Crippen LogP contribution in [0.1, 0.15) is 60.4 Å². The summed E-state index contributed by atoms with van der Waals surface area (Å²) in [5, 5.41) is 9.05. The fraction of sp³-hybridized carbons (Fsp3) is 0.462. The van der Waals surface area contributed by atoms with E-state index in [0.717, 1.165) is 42.4 Å². The lowest BCUT2D eigenvalue weighted by molar-refractivity contribution is -0.136. The molecule has 1 saturated carbocycles. The molecule has 1 aromatic heterocycles. The molecule has 1 atom stereocenters. The first-order valence-electron chi connectivity index (χ1n) is 11.6. The third kappa shape index (κ3) is 6.23. The van der Waals surface area contributed by atoms with Gasteiger partial charge in [0.1, 0.15) is 11.9 Å². The summed E-state index contributed by atoms with van der Waals surface area (Å²) in [6.45, 7) is -2.63. The highest BCUT2D eigenvalue weighted by Gasteiger charge is 2.27. The molecule has 8 heteroatoms. The number of alkyl halides is 2. The van der Waals surface area contributed by atoms with Crippen molar-refractivity contribution < 1.29 is 23.0 Å². The van der Waals surface area contributed by atoms with Crippen LogP contribution in [0.5, 0.6) is 0 Å². The summed E-state index contributed by atoms with van der Waals surface area (Å²) < 4.78 is 35.8. The van der Waals surface area contributed by atoms with Crippen LogP contribution in [0.25, 0.3) is 0 Å². The number of halogens is 2. The zero-order chi connectivity index (χ0) is 23.9. The number of hydrogen-bond donors (Lipinski definition) is 0. The normalized spacial score (nSPS) is 20.4. The van der Waals surface area contributed by atoms with Crippen LogP contribution in [-0.2, 0) is 27.2 Å². The molecule has 0 saturated heterocycles. The van der Waals surface area contributed by atoms with E-state index in [0.29, 0.717) is 18.1 Å². The van der Waals surface area contributed by atoms with Crippen molar-refractivity contribution in [1.82, 2.24) is 4.98 Å². The number of fused-ring (bicyclic) bond motifs is 1. The van der Waals surface area contributed by atoms with Crippen molar-refractivity contribution in [2.45, 2.75) is 63.7 Å². The standard InChI is InChI=1S/C26H27F2N3O3/c27-26(28)33-16-20(18-4-2-1-3-5-18)11-22(32)12-21-10-19-14-31-25(24(19)15-30-21)34-23-8-6-17(13-29)7-9-23/h1-5,10,15,17,20,23,26H,6-9,11-12,14,16H2/t17?,20-,23?/m1/s1. The Balaban J connectivity index is 1.35. The predicted molar refractivity (Wildman–Crippen MR) is 121 cm³/mol. The highest BCUT2D eigenvalue weighted by atomic mass is 19.3. The summed E-state index contributed by atoms with van der Waals surface area (Å²) in [6, 6.07) is 13.3. The van der Waals surface area contributed by atoms with Gasteiger partial charge in [0.15, 0.2) is 0 Å². The molecule has 2 aromatic rings. The minimum Gasteiger partial charge on any atom is -0.474 e. The minimum atomic E-state index is -2.88. The largest absolute Gasteiger partial charge is 0.474 e. The fourth-order valence-corrected chi connectivity index (χ4v) is 4.51. The molecule has 6 nitrogen and oxygen atoms in total. The Hall–Kier alpha value is -3.18. The van der Waals surface area contributed by atoms with Crippen molar-refractivity contribution in [2.24, 2.45) is 10.9 Å². The number of ketones is 1. The molecule has 0 spiro atoms. The number of hydrogen-bond acceptors (Lipinski definition) is 6. The van der Waals surface area contributed by atoms with Crippen LogP contribution in [0.4, 0.5) is 8.78 Å². The molecular formula is C26H27F2N3O3. The van der Waals surface area contributed by atoms with Crippen LogP contribution in [0.15, 0.2) is 47.6 Å². The second-order valence-electron chi connectivity index (χ2n) is 8.80. The molecule has 0 N–H and O–H groups in total. The highest BCUT2D eigenvalue weighted by molar-refractivity contribution is 5.97. The lowest BCUT2D eigenvalue weighted by atomic mass is 9.88. The number of pyridine rings is 1. The third-order valence-electron chi connectivity index (χ3n) is 6.35. The number of aliphatic imine (C=N–C) groups is 1. The van der Waals surface area contributed by atoms with Gasteiger partial charge in [0.2, 0.25) is 5.90 Å². The van der Waals surface area contributed by atoms with E-state index < -0.39 is 12.5 Å². The van der Waals surface area contributed by atoms with E-state index in [1.165, 1.54) is 0 Å². The molecular weight excluding hydrogens is 440 g/mol. The number of rotatable bonds is 9. The van der Waals surface area contributed by atoms with E-state index in [9.17, 15) is 13.6 Å². The minimum absolute atomic E-state index is 0.0564. The monoisotopic (exact) mass is 467 g/mol. The van der Waals surface area contributed by atoms with Crippen molar-refractivity contribution in [3.63, 3.8) is 0 Å². The second-order valence-corrected chi connectivity index (χ2v) is 8.80. The lowest BCUT2D eigenvalue weighted by Gasteiger charge is -2.25. The van der Waals surface area contributed by atoms with Crippen molar-refractivity contribution >= 4 is 11.7 Å². The quantitative estimate of drug-likeness (QED) is 0.520. The maximum absolute atomic E-state index is 12.8. The third-order valence-corrected chi connectivity index (χ3v) is 6.35. The van der Waals surface area contributed by atoms with Gasteiger partial charge >= 0.3 is 6.61 Å². The first kappa shape index (κ1) is 24.0. The van der Waals surface area contributed by atoms with Crippen LogP contribution >= 0.6 is 0 Å². The van der Waals surface area contributed by atoms with Crippen molar-refractivity contribution in [2.75, 3.05) is 6.61 Å². The van der Waals surface area contributed by atoms with Crippen molar-refractivity contribution in [3.05, 3.63) is 65.0 Å². The van der Waals surface area contributed by atoms with Gasteiger partial charge in [-0.15, -0.1) is 0 Å². The average molecular weight is 468 g/mol. The first-order chi connectivity index (χ1) is 16.5. The molecule has 0 unspecified atom stereocenters.